The first kappa shape index (κ1) is 92.1. The van der Waals surface area contributed by atoms with E-state index < -0.39 is 97.5 Å². The second kappa shape index (κ2) is 69.5. The number of rotatable bonds is 76. The molecule has 94 heavy (non-hydrogen) atoms. The van der Waals surface area contributed by atoms with E-state index in [9.17, 15) is 43.2 Å². The molecule has 0 heterocycles. The summed E-state index contributed by atoms with van der Waals surface area (Å²) in [4.78, 5) is 72.7. The van der Waals surface area contributed by atoms with Gasteiger partial charge in [-0.05, 0) is 25.7 Å². The monoisotopic (exact) mass is 1380 g/mol. The van der Waals surface area contributed by atoms with Gasteiger partial charge in [-0.25, -0.2) is 9.13 Å². The maximum Gasteiger partial charge on any atom is 0.472 e. The van der Waals surface area contributed by atoms with E-state index >= 15 is 0 Å². The molecule has 5 atom stereocenters. The largest absolute Gasteiger partial charge is 0.472 e. The summed E-state index contributed by atoms with van der Waals surface area (Å²) < 4.78 is 68.5. The van der Waals surface area contributed by atoms with Crippen LogP contribution in [0.15, 0.2) is 0 Å². The molecule has 0 fully saturated rings. The Balaban J connectivity index is 5.23. The third-order valence-electron chi connectivity index (χ3n) is 17.6. The number of aliphatic hydroxyl groups is 1. The molecule has 2 unspecified atom stereocenters. The van der Waals surface area contributed by atoms with Crippen LogP contribution in [0.4, 0.5) is 0 Å². The summed E-state index contributed by atoms with van der Waals surface area (Å²) in [5.41, 5.74) is 0. The highest BCUT2D eigenvalue weighted by Gasteiger charge is 2.30. The number of carbonyl (C=O) groups is 4. The molecule has 3 N–H and O–H groups in total. The van der Waals surface area contributed by atoms with Crippen molar-refractivity contribution in [1.82, 2.24) is 0 Å². The maximum atomic E-state index is 13.1. The highest BCUT2D eigenvalue weighted by atomic mass is 31.2. The average molecular weight is 1380 g/mol. The lowest BCUT2D eigenvalue weighted by atomic mass is 10.0. The molecule has 0 aliphatic heterocycles. The van der Waals surface area contributed by atoms with Gasteiger partial charge in [0, 0.05) is 25.7 Å². The van der Waals surface area contributed by atoms with Gasteiger partial charge < -0.3 is 33.8 Å². The lowest BCUT2D eigenvalue weighted by Gasteiger charge is -2.21. The number of phosphoric ester groups is 2. The van der Waals surface area contributed by atoms with Crippen molar-refractivity contribution in [3.05, 3.63) is 0 Å². The van der Waals surface area contributed by atoms with Crippen molar-refractivity contribution in [3.63, 3.8) is 0 Å². The normalized spacial score (nSPS) is 13.9. The second-order valence-corrected chi connectivity index (χ2v) is 29.9. The van der Waals surface area contributed by atoms with E-state index in [-0.39, 0.29) is 25.7 Å². The Morgan fingerprint density at radius 2 is 0.426 bits per heavy atom. The van der Waals surface area contributed by atoms with Crippen molar-refractivity contribution in [2.75, 3.05) is 39.6 Å². The topological polar surface area (TPSA) is 237 Å². The summed E-state index contributed by atoms with van der Waals surface area (Å²) in [5.74, 6) is -2.11. The molecule has 0 aromatic carbocycles. The first-order chi connectivity index (χ1) is 45.7. The zero-order chi connectivity index (χ0) is 69.0. The number of aliphatic hydroxyl groups excluding tert-OH is 1. The minimum atomic E-state index is -4.95. The van der Waals surface area contributed by atoms with Gasteiger partial charge in [-0.15, -0.1) is 0 Å². The van der Waals surface area contributed by atoms with Gasteiger partial charge in [0.25, 0.3) is 0 Å². The summed E-state index contributed by atoms with van der Waals surface area (Å²) in [6.07, 6.45) is 59.5. The van der Waals surface area contributed by atoms with Gasteiger partial charge in [0.2, 0.25) is 0 Å². The lowest BCUT2D eigenvalue weighted by Crippen LogP contribution is -2.30. The number of esters is 4. The molecule has 0 aromatic rings. The predicted molar refractivity (Wildman–Crippen MR) is 382 cm³/mol. The standard InChI is InChI=1S/C75H146O17P2/c1-5-9-13-17-21-25-28-31-34-35-36-39-42-46-50-54-58-62-75(80)92-71(66-86-73(78)60-56-52-48-44-40-37-32-29-26-22-18-14-10-6-2)68-90-94(83,84)88-64-69(76)63-87-93(81,82)89-67-70(65-85-72(77)59-55-51-47-43-24-20-16-12-8-4)91-74(79)61-57-53-49-45-41-38-33-30-27-23-19-15-11-7-3/h69-71,76H,5-68H2,1-4H3,(H,81,82)(H,83,84)/t69-,70+,71+/m0/s1. The Labute approximate surface area is 575 Å². The summed E-state index contributed by atoms with van der Waals surface area (Å²) in [6, 6.07) is 0. The van der Waals surface area contributed by atoms with E-state index in [1.54, 1.807) is 0 Å². The molecule has 19 heteroatoms. The zero-order valence-corrected chi connectivity index (χ0v) is 62.7. The van der Waals surface area contributed by atoms with Crippen LogP contribution in [0.3, 0.4) is 0 Å². The molecule has 0 aliphatic rings. The highest BCUT2D eigenvalue weighted by Crippen LogP contribution is 2.45. The smallest absolute Gasteiger partial charge is 0.462 e. The van der Waals surface area contributed by atoms with Gasteiger partial charge in [-0.3, -0.25) is 37.3 Å². The number of phosphoric acid groups is 2. The van der Waals surface area contributed by atoms with Crippen LogP contribution in [0.2, 0.25) is 0 Å². The third kappa shape index (κ3) is 68.6. The molecular formula is C75H146O17P2. The van der Waals surface area contributed by atoms with E-state index in [0.29, 0.717) is 25.7 Å². The fraction of sp³-hybridized carbons (Fsp3) is 0.947. The van der Waals surface area contributed by atoms with E-state index in [1.165, 1.54) is 231 Å². The molecule has 0 saturated carbocycles. The molecule has 558 valence electrons. The Hall–Kier alpha value is -1.94. The Morgan fingerprint density at radius 1 is 0.255 bits per heavy atom. The molecule has 0 aliphatic carbocycles. The molecular weight excluding hydrogens is 1230 g/mol. The van der Waals surface area contributed by atoms with Crippen LogP contribution in [0.5, 0.6) is 0 Å². The van der Waals surface area contributed by atoms with Gasteiger partial charge in [0.15, 0.2) is 12.2 Å². The predicted octanol–water partition coefficient (Wildman–Crippen LogP) is 22.2. The Bertz CT molecular complexity index is 1790. The molecule has 0 spiro atoms. The van der Waals surface area contributed by atoms with Crippen molar-refractivity contribution >= 4 is 39.5 Å². The van der Waals surface area contributed by atoms with Crippen molar-refractivity contribution < 1.29 is 80.2 Å². The van der Waals surface area contributed by atoms with Gasteiger partial charge in [-0.2, -0.15) is 0 Å². The quantitative estimate of drug-likeness (QED) is 0.0222. The van der Waals surface area contributed by atoms with Gasteiger partial charge in [0.1, 0.15) is 19.3 Å². The highest BCUT2D eigenvalue weighted by molar-refractivity contribution is 7.47. The average Bonchev–Trinajstić information content (AvgIpc) is 1.60. The molecule has 0 saturated heterocycles. The molecule has 17 nitrogen and oxygen atoms in total. The Kier molecular flexibility index (Phi) is 68.1. The van der Waals surface area contributed by atoms with Crippen molar-refractivity contribution in [2.24, 2.45) is 0 Å². The maximum absolute atomic E-state index is 13.1. The summed E-state index contributed by atoms with van der Waals surface area (Å²) in [5, 5.41) is 10.6. The van der Waals surface area contributed by atoms with E-state index in [2.05, 4.69) is 27.7 Å². The molecule has 0 aromatic heterocycles. The number of hydrogen-bond donors (Lipinski definition) is 3. The lowest BCUT2D eigenvalue weighted by molar-refractivity contribution is -0.161. The van der Waals surface area contributed by atoms with Gasteiger partial charge >= 0.3 is 39.5 Å². The molecule has 0 radical (unpaired) electrons. The number of unbranched alkanes of at least 4 members (excludes halogenated alkanes) is 50. The van der Waals surface area contributed by atoms with Crippen molar-refractivity contribution in [1.29, 1.82) is 0 Å². The Morgan fingerprint density at radius 3 is 0.628 bits per heavy atom. The minimum absolute atomic E-state index is 0.108. The summed E-state index contributed by atoms with van der Waals surface area (Å²) in [7, 11) is -9.90. The molecule has 0 amide bonds. The number of hydrogen-bond acceptors (Lipinski definition) is 15. The number of carbonyl (C=O) groups excluding carboxylic acids is 4. The fourth-order valence-corrected chi connectivity index (χ4v) is 13.2. The van der Waals surface area contributed by atoms with Crippen LogP contribution in [-0.2, 0) is 65.4 Å². The first-order valence-electron chi connectivity index (χ1n) is 39.3. The van der Waals surface area contributed by atoms with Crippen LogP contribution in [0.25, 0.3) is 0 Å². The summed E-state index contributed by atoms with van der Waals surface area (Å²) >= 11 is 0. The van der Waals surface area contributed by atoms with Crippen LogP contribution in [0, 0.1) is 0 Å². The van der Waals surface area contributed by atoms with Crippen molar-refractivity contribution in [3.8, 4) is 0 Å². The third-order valence-corrected chi connectivity index (χ3v) is 19.5. The molecule has 0 rings (SSSR count). The van der Waals surface area contributed by atoms with Gasteiger partial charge in [-0.1, -0.05) is 349 Å². The second-order valence-electron chi connectivity index (χ2n) is 27.0. The van der Waals surface area contributed by atoms with Crippen LogP contribution in [-0.4, -0.2) is 96.7 Å². The summed E-state index contributed by atoms with van der Waals surface area (Å²) in [6.45, 7) is 4.98. The van der Waals surface area contributed by atoms with E-state index in [1.807, 2.05) is 0 Å². The SMILES string of the molecule is CCCCCCCCCCCCCCCCCCCC(=O)O[C@H](COC(=O)CCCCCCCCCCCCCCCC)COP(=O)(O)OC[C@@H](O)COP(=O)(O)OC[C@@H](COC(=O)CCCCCCCCCCC)OC(=O)CCCCCCCCCCCCCCCC. The zero-order valence-electron chi connectivity index (χ0n) is 60.9. The van der Waals surface area contributed by atoms with E-state index in [0.717, 1.165) is 89.9 Å². The van der Waals surface area contributed by atoms with E-state index in [4.69, 9.17) is 37.0 Å². The first-order valence-corrected chi connectivity index (χ1v) is 42.3. The van der Waals surface area contributed by atoms with Gasteiger partial charge in [0.05, 0.1) is 26.4 Å². The molecule has 0 bridgehead atoms. The van der Waals surface area contributed by atoms with Crippen LogP contribution >= 0.6 is 15.6 Å². The minimum Gasteiger partial charge on any atom is -0.462 e. The van der Waals surface area contributed by atoms with Crippen LogP contribution < -0.4 is 0 Å². The van der Waals surface area contributed by atoms with Crippen molar-refractivity contribution in [2.45, 2.75) is 418 Å². The number of ether oxygens (including phenoxy) is 4. The van der Waals surface area contributed by atoms with Crippen LogP contribution in [0.1, 0.15) is 400 Å². The fourth-order valence-electron chi connectivity index (χ4n) is 11.6.